The normalized spacial score (nSPS) is 14.1. The second-order valence-electron chi connectivity index (χ2n) is 7.94. The Morgan fingerprint density at radius 1 is 1.36 bits per heavy atom. The van der Waals surface area contributed by atoms with Gasteiger partial charge in [0, 0.05) is 24.0 Å². The summed E-state index contributed by atoms with van der Waals surface area (Å²) in [6.45, 7) is 10.3. The third-order valence-electron chi connectivity index (χ3n) is 5.32. The SMILES string of the molecule is C=CC=N.CCNC1CCc2c(-c3cnc(-c4ccc(OC(C)C)c(C#N)c4)s3)cccc21. The fourth-order valence-corrected chi connectivity index (χ4v) is 4.95. The van der Waals surface area contributed by atoms with Crippen molar-refractivity contribution in [2.75, 3.05) is 6.54 Å². The van der Waals surface area contributed by atoms with Crippen molar-refractivity contribution >= 4 is 17.6 Å². The third-order valence-corrected chi connectivity index (χ3v) is 6.40. The zero-order valence-corrected chi connectivity index (χ0v) is 20.2. The molecule has 6 heteroatoms. The van der Waals surface area contributed by atoms with E-state index >= 15 is 0 Å². The predicted octanol–water partition coefficient (Wildman–Crippen LogP) is 6.55. The number of rotatable bonds is 7. The molecule has 0 spiro atoms. The molecule has 0 radical (unpaired) electrons. The Hall–Kier alpha value is -3.27. The lowest BCUT2D eigenvalue weighted by Crippen LogP contribution is -2.18. The van der Waals surface area contributed by atoms with E-state index in [9.17, 15) is 5.26 Å². The summed E-state index contributed by atoms with van der Waals surface area (Å²) in [6.07, 6.45) is 6.79. The summed E-state index contributed by atoms with van der Waals surface area (Å²) in [6, 6.07) is 15.0. The molecule has 0 fully saturated rings. The number of nitrogens with one attached hydrogen (secondary N) is 2. The molecule has 2 aromatic carbocycles. The van der Waals surface area contributed by atoms with Gasteiger partial charge in [-0.2, -0.15) is 5.26 Å². The number of nitriles is 1. The van der Waals surface area contributed by atoms with Crippen molar-refractivity contribution in [3.8, 4) is 32.8 Å². The van der Waals surface area contributed by atoms with E-state index in [4.69, 9.17) is 10.1 Å². The van der Waals surface area contributed by atoms with Crippen LogP contribution in [-0.2, 0) is 6.42 Å². The first-order valence-electron chi connectivity index (χ1n) is 11.2. The second kappa shape index (κ2) is 11.6. The molecule has 2 N–H and O–H groups in total. The maximum Gasteiger partial charge on any atom is 0.137 e. The fourth-order valence-electron chi connectivity index (χ4n) is 3.98. The minimum atomic E-state index is 0.0330. The van der Waals surface area contributed by atoms with Gasteiger partial charge in [-0.3, -0.25) is 0 Å². The molecular weight excluding hydrogens is 428 g/mol. The highest BCUT2D eigenvalue weighted by Crippen LogP contribution is 2.41. The largest absolute Gasteiger partial charge is 0.490 e. The van der Waals surface area contributed by atoms with Gasteiger partial charge >= 0.3 is 0 Å². The van der Waals surface area contributed by atoms with Crippen LogP contribution >= 0.6 is 11.3 Å². The van der Waals surface area contributed by atoms with Crippen LogP contribution in [-0.4, -0.2) is 23.8 Å². The highest BCUT2D eigenvalue weighted by Gasteiger charge is 2.24. The summed E-state index contributed by atoms with van der Waals surface area (Å²) in [7, 11) is 0. The Morgan fingerprint density at radius 2 is 2.15 bits per heavy atom. The van der Waals surface area contributed by atoms with E-state index in [1.54, 1.807) is 11.3 Å². The minimum Gasteiger partial charge on any atom is -0.490 e. The number of thiazole rings is 1. The maximum absolute atomic E-state index is 9.51. The summed E-state index contributed by atoms with van der Waals surface area (Å²) >= 11 is 1.68. The number of nitrogens with zero attached hydrogens (tertiary/aromatic N) is 2. The van der Waals surface area contributed by atoms with Crippen LogP contribution < -0.4 is 10.1 Å². The molecule has 170 valence electrons. The number of aromatic nitrogens is 1. The van der Waals surface area contributed by atoms with Gasteiger partial charge in [0.2, 0.25) is 0 Å². The van der Waals surface area contributed by atoms with Crippen LogP contribution in [0.3, 0.4) is 0 Å². The van der Waals surface area contributed by atoms with Gasteiger partial charge in [-0.05, 0) is 68.1 Å². The van der Waals surface area contributed by atoms with Crippen LogP contribution in [0.1, 0.15) is 49.9 Å². The van der Waals surface area contributed by atoms with E-state index in [2.05, 4.69) is 48.1 Å². The van der Waals surface area contributed by atoms with Gasteiger partial charge < -0.3 is 15.5 Å². The van der Waals surface area contributed by atoms with Crippen LogP contribution in [0.25, 0.3) is 21.0 Å². The maximum atomic E-state index is 9.51. The van der Waals surface area contributed by atoms with Crippen molar-refractivity contribution in [1.82, 2.24) is 10.3 Å². The van der Waals surface area contributed by atoms with Crippen molar-refractivity contribution in [2.24, 2.45) is 0 Å². The molecule has 0 saturated heterocycles. The number of hydrogen-bond donors (Lipinski definition) is 2. The first-order valence-corrected chi connectivity index (χ1v) is 12.0. The molecular formula is C27H30N4OS. The Morgan fingerprint density at radius 3 is 2.82 bits per heavy atom. The van der Waals surface area contributed by atoms with Crippen molar-refractivity contribution in [3.63, 3.8) is 0 Å². The lowest BCUT2D eigenvalue weighted by Gasteiger charge is -2.13. The molecule has 1 heterocycles. The number of hydrogen-bond acceptors (Lipinski definition) is 6. The number of ether oxygens (including phenoxy) is 1. The van der Waals surface area contributed by atoms with E-state index in [-0.39, 0.29) is 6.10 Å². The Balaban J connectivity index is 0.000000709. The molecule has 1 aliphatic rings. The minimum absolute atomic E-state index is 0.0330. The van der Waals surface area contributed by atoms with Crippen molar-refractivity contribution < 1.29 is 4.74 Å². The van der Waals surface area contributed by atoms with Crippen LogP contribution in [0, 0.1) is 16.7 Å². The number of allylic oxidation sites excluding steroid dienone is 1. The van der Waals surface area contributed by atoms with Crippen molar-refractivity contribution in [1.29, 1.82) is 10.7 Å². The lowest BCUT2D eigenvalue weighted by molar-refractivity contribution is 0.242. The molecule has 1 aromatic heterocycles. The first kappa shape index (κ1) is 24.4. The van der Waals surface area contributed by atoms with Crippen LogP contribution in [0.4, 0.5) is 0 Å². The van der Waals surface area contributed by atoms with Gasteiger partial charge in [0.25, 0.3) is 0 Å². The van der Waals surface area contributed by atoms with Gasteiger partial charge in [-0.1, -0.05) is 37.8 Å². The molecule has 0 aliphatic heterocycles. The van der Waals surface area contributed by atoms with Gasteiger partial charge in [-0.25, -0.2) is 4.98 Å². The van der Waals surface area contributed by atoms with Crippen molar-refractivity contribution in [3.05, 3.63) is 71.9 Å². The van der Waals surface area contributed by atoms with Gasteiger partial charge in [0.1, 0.15) is 16.8 Å². The molecule has 4 rings (SSSR count). The van der Waals surface area contributed by atoms with Gasteiger partial charge in [-0.15, -0.1) is 11.3 Å². The van der Waals surface area contributed by atoms with Gasteiger partial charge in [0.05, 0.1) is 16.5 Å². The standard InChI is InChI=1S/C24H25N3OS.C3H5N/c1-4-26-21-10-9-18-19(21)6-5-7-20(18)23-14-27-24(29-23)16-8-11-22(28-15(2)3)17(12-16)13-25;1-2-3-4/h5-8,11-12,14-15,21,26H,4,9-10H2,1-3H3;2-4H,1H2. The molecule has 0 saturated carbocycles. The monoisotopic (exact) mass is 458 g/mol. The summed E-state index contributed by atoms with van der Waals surface area (Å²) < 4.78 is 5.74. The predicted molar refractivity (Wildman–Crippen MR) is 137 cm³/mol. The summed E-state index contributed by atoms with van der Waals surface area (Å²) in [5.41, 5.74) is 5.63. The molecule has 1 unspecified atom stereocenters. The smallest absolute Gasteiger partial charge is 0.137 e. The van der Waals surface area contributed by atoms with Crippen LogP contribution in [0.15, 0.2) is 55.3 Å². The second-order valence-corrected chi connectivity index (χ2v) is 8.97. The van der Waals surface area contributed by atoms with E-state index in [0.29, 0.717) is 17.4 Å². The lowest BCUT2D eigenvalue weighted by atomic mass is 10.0. The highest BCUT2D eigenvalue weighted by atomic mass is 32.1. The first-order chi connectivity index (χ1) is 16.0. The van der Waals surface area contributed by atoms with Crippen LogP contribution in [0.2, 0.25) is 0 Å². The number of fused-ring (bicyclic) bond motifs is 1. The highest BCUT2D eigenvalue weighted by molar-refractivity contribution is 7.18. The average Bonchev–Trinajstić information content (AvgIpc) is 3.47. The Bertz CT molecular complexity index is 1150. The molecule has 0 amide bonds. The van der Waals surface area contributed by atoms with Crippen LogP contribution in [0.5, 0.6) is 5.75 Å². The zero-order chi connectivity index (χ0) is 23.8. The molecule has 1 aliphatic carbocycles. The van der Waals surface area contributed by atoms with Crippen molar-refractivity contribution in [2.45, 2.75) is 45.8 Å². The van der Waals surface area contributed by atoms with E-state index < -0.39 is 0 Å². The summed E-state index contributed by atoms with van der Waals surface area (Å²) in [4.78, 5) is 5.84. The van der Waals surface area contributed by atoms with E-state index in [0.717, 1.165) is 36.2 Å². The third kappa shape index (κ3) is 5.75. The Kier molecular flexibility index (Phi) is 8.53. The van der Waals surface area contributed by atoms with Gasteiger partial charge in [0.15, 0.2) is 0 Å². The fraction of sp³-hybridized carbons (Fsp3) is 0.296. The molecule has 3 aromatic rings. The summed E-state index contributed by atoms with van der Waals surface area (Å²) in [5.74, 6) is 0.623. The molecule has 0 bridgehead atoms. The summed E-state index contributed by atoms with van der Waals surface area (Å²) in [5, 5.41) is 20.2. The zero-order valence-electron chi connectivity index (χ0n) is 19.4. The molecule has 33 heavy (non-hydrogen) atoms. The average molecular weight is 459 g/mol. The van der Waals surface area contributed by atoms with E-state index in [1.807, 2.05) is 38.2 Å². The molecule has 5 nitrogen and oxygen atoms in total. The quantitative estimate of drug-likeness (QED) is 0.393. The van der Waals surface area contributed by atoms with E-state index in [1.165, 1.54) is 27.6 Å². The Labute approximate surface area is 200 Å². The number of benzene rings is 2. The topological polar surface area (TPSA) is 81.8 Å². The molecule has 1 atom stereocenters.